The van der Waals surface area contributed by atoms with Crippen molar-refractivity contribution < 1.29 is 0 Å². The van der Waals surface area contributed by atoms with E-state index in [9.17, 15) is 0 Å². The molecule has 0 aliphatic carbocycles. The monoisotopic (exact) mass is 166 g/mol. The minimum atomic E-state index is 1.06. The van der Waals surface area contributed by atoms with Crippen LogP contribution in [-0.4, -0.2) is 11.1 Å². The van der Waals surface area contributed by atoms with Crippen molar-refractivity contribution in [2.45, 2.75) is 0 Å². The zero-order valence-electron chi connectivity index (χ0n) is 3.48. The Hall–Kier alpha value is 0.570. The fourth-order valence-corrected chi connectivity index (χ4v) is 0.944. The third-order valence-corrected chi connectivity index (χ3v) is 1.91. The highest BCUT2D eigenvalue weighted by atomic mass is 79.9. The molecule has 0 aliphatic heterocycles. The van der Waals surface area contributed by atoms with Crippen LogP contribution in [0.1, 0.15) is 0 Å². The van der Waals surface area contributed by atoms with Gasteiger partial charge in [0, 0.05) is 11.1 Å². The van der Waals surface area contributed by atoms with Crippen molar-refractivity contribution in [2.24, 2.45) is 0 Å². The molecule has 0 aromatic rings. The maximum absolute atomic E-state index is 3.54. The van der Waals surface area contributed by atoms with E-state index in [2.05, 4.69) is 22.5 Å². The summed E-state index contributed by atoms with van der Waals surface area (Å²) in [5.74, 6) is 1.13. The topological polar surface area (TPSA) is 0 Å². The van der Waals surface area contributed by atoms with Gasteiger partial charge in [0.1, 0.15) is 0 Å². The number of hydrogen-bond donors (Lipinski definition) is 0. The Morgan fingerprint density at radius 3 is 2.67 bits per heavy atom. The van der Waals surface area contributed by atoms with Crippen LogP contribution in [0.3, 0.4) is 0 Å². The second kappa shape index (κ2) is 5.57. The molecule has 0 radical (unpaired) electrons. The summed E-state index contributed by atoms with van der Waals surface area (Å²) in [6.07, 6.45) is 0. The zero-order valence-corrected chi connectivity index (χ0v) is 5.89. The van der Waals surface area contributed by atoms with Gasteiger partial charge in [-0.3, -0.25) is 0 Å². The van der Waals surface area contributed by atoms with Crippen LogP contribution >= 0.6 is 27.7 Å². The number of halogens is 1. The second-order valence-corrected chi connectivity index (χ2v) is 2.59. The average Bonchev–Trinajstić information content (AvgIpc) is 1.61. The van der Waals surface area contributed by atoms with Crippen LogP contribution in [0.4, 0.5) is 0 Å². The molecule has 0 aromatic carbocycles. The highest BCUT2D eigenvalue weighted by Gasteiger charge is 1.72. The normalized spacial score (nSPS) is 8.17. The molecule has 0 atom stereocenters. The van der Waals surface area contributed by atoms with Gasteiger partial charge in [0.15, 0.2) is 0 Å². The Balaban J connectivity index is 2.49. The molecule has 0 rings (SSSR count). The number of hydrogen-bond acceptors (Lipinski definition) is 1. The van der Waals surface area contributed by atoms with Gasteiger partial charge in [-0.2, -0.15) is 0 Å². The van der Waals surface area contributed by atoms with Gasteiger partial charge in [-0.15, -0.1) is 11.8 Å². The van der Waals surface area contributed by atoms with Gasteiger partial charge in [-0.25, -0.2) is 0 Å². The molecule has 0 fully saturated rings. The van der Waals surface area contributed by atoms with Gasteiger partial charge < -0.3 is 0 Å². The fraction of sp³-hybridized carbons (Fsp3) is 0.500. The molecule has 0 aliphatic rings. The third-order valence-electron chi connectivity index (χ3n) is 0.313. The van der Waals surface area contributed by atoms with Gasteiger partial charge in [0.05, 0.1) is 0 Å². The Bertz CT molecular complexity index is 36.5. The first-order valence-corrected chi connectivity index (χ1v) is 3.87. The molecule has 0 bridgehead atoms. The Morgan fingerprint density at radius 2 is 2.50 bits per heavy atom. The van der Waals surface area contributed by atoms with E-state index in [1.165, 1.54) is 0 Å². The largest absolute Gasteiger partial charge is 0.134 e. The molecule has 0 unspecified atom stereocenters. The van der Waals surface area contributed by atoms with Crippen molar-refractivity contribution in [1.82, 2.24) is 0 Å². The molecule has 0 nitrogen and oxygen atoms in total. The first-order valence-electron chi connectivity index (χ1n) is 1.70. The van der Waals surface area contributed by atoms with Gasteiger partial charge in [0.25, 0.3) is 0 Å². The van der Waals surface area contributed by atoms with Crippen molar-refractivity contribution in [1.29, 1.82) is 0 Å². The lowest BCUT2D eigenvalue weighted by molar-refractivity contribution is 1.59. The maximum Gasteiger partial charge on any atom is 0.0126 e. The van der Waals surface area contributed by atoms with Crippen LogP contribution in [0.15, 0.2) is 12.0 Å². The molecule has 0 heterocycles. The van der Waals surface area contributed by atoms with Crippen LogP contribution in [0.2, 0.25) is 0 Å². The maximum atomic E-state index is 3.54. The van der Waals surface area contributed by atoms with Crippen molar-refractivity contribution in [2.75, 3.05) is 11.1 Å². The summed E-state index contributed by atoms with van der Waals surface area (Å²) in [6.45, 7) is 3.54. The first-order chi connectivity index (χ1) is 2.91. The number of alkyl halides is 1. The molecular formula is C4H7BrS. The minimum Gasteiger partial charge on any atom is -0.134 e. The van der Waals surface area contributed by atoms with Crippen LogP contribution in [-0.2, 0) is 0 Å². The van der Waals surface area contributed by atoms with Crippen LogP contribution < -0.4 is 0 Å². The Labute approximate surface area is 51.1 Å². The standard InChI is InChI=1S/C4H7BrS/c1-2-6-4-3-5/h2H,1,3-4H2. The van der Waals surface area contributed by atoms with Crippen LogP contribution in [0, 0.1) is 0 Å². The fourth-order valence-electron chi connectivity index (χ4n) is 0.128. The molecule has 0 saturated carbocycles. The number of thioether (sulfide) groups is 1. The van der Waals surface area contributed by atoms with Crippen molar-refractivity contribution in [3.63, 3.8) is 0 Å². The molecule has 6 heavy (non-hydrogen) atoms. The van der Waals surface area contributed by atoms with E-state index in [-0.39, 0.29) is 0 Å². The van der Waals surface area contributed by atoms with Gasteiger partial charge in [0.2, 0.25) is 0 Å². The molecule has 0 aromatic heterocycles. The number of rotatable bonds is 3. The highest BCUT2D eigenvalue weighted by Crippen LogP contribution is 1.99. The SMILES string of the molecule is C=CSCCBr. The first kappa shape index (κ1) is 6.57. The third kappa shape index (κ3) is 4.57. The van der Waals surface area contributed by atoms with E-state index in [4.69, 9.17) is 0 Å². The summed E-state index contributed by atoms with van der Waals surface area (Å²) in [6, 6.07) is 0. The molecule has 36 valence electrons. The minimum absolute atomic E-state index is 1.06. The molecule has 0 N–H and O–H groups in total. The van der Waals surface area contributed by atoms with E-state index in [0.29, 0.717) is 0 Å². The Morgan fingerprint density at radius 1 is 1.83 bits per heavy atom. The van der Waals surface area contributed by atoms with Crippen molar-refractivity contribution in [3.8, 4) is 0 Å². The average molecular weight is 167 g/mol. The van der Waals surface area contributed by atoms with Gasteiger partial charge in [-0.1, -0.05) is 22.5 Å². The summed E-state index contributed by atoms with van der Waals surface area (Å²) in [7, 11) is 0. The molecule has 0 amide bonds. The van der Waals surface area contributed by atoms with Crippen LogP contribution in [0.5, 0.6) is 0 Å². The van der Waals surface area contributed by atoms with Gasteiger partial charge in [-0.05, 0) is 5.41 Å². The van der Waals surface area contributed by atoms with E-state index in [1.807, 2.05) is 5.41 Å². The summed E-state index contributed by atoms with van der Waals surface area (Å²) < 4.78 is 0. The predicted octanol–water partition coefficient (Wildman–Crippen LogP) is 2.26. The van der Waals surface area contributed by atoms with Crippen LogP contribution in [0.25, 0.3) is 0 Å². The lowest BCUT2D eigenvalue weighted by Gasteiger charge is -1.81. The summed E-state index contributed by atoms with van der Waals surface area (Å²) in [5, 5.41) is 2.91. The molecule has 0 saturated heterocycles. The Kier molecular flexibility index (Phi) is 6.10. The van der Waals surface area contributed by atoms with E-state index >= 15 is 0 Å². The summed E-state index contributed by atoms with van der Waals surface area (Å²) in [4.78, 5) is 0. The second-order valence-electron chi connectivity index (χ2n) is 0.726. The summed E-state index contributed by atoms with van der Waals surface area (Å²) >= 11 is 5.01. The van der Waals surface area contributed by atoms with Crippen molar-refractivity contribution >= 4 is 27.7 Å². The summed E-state index contributed by atoms with van der Waals surface area (Å²) in [5.41, 5.74) is 0. The van der Waals surface area contributed by atoms with E-state index in [1.54, 1.807) is 11.8 Å². The molecule has 0 spiro atoms. The quantitative estimate of drug-likeness (QED) is 0.458. The van der Waals surface area contributed by atoms with E-state index in [0.717, 1.165) is 11.1 Å². The van der Waals surface area contributed by atoms with Gasteiger partial charge >= 0.3 is 0 Å². The zero-order chi connectivity index (χ0) is 4.83. The lowest BCUT2D eigenvalue weighted by Crippen LogP contribution is -1.70. The molecule has 2 heteroatoms. The highest BCUT2D eigenvalue weighted by molar-refractivity contribution is 9.09. The smallest absolute Gasteiger partial charge is 0.0126 e. The predicted molar refractivity (Wildman–Crippen MR) is 36.4 cm³/mol. The van der Waals surface area contributed by atoms with Crippen molar-refractivity contribution in [3.05, 3.63) is 12.0 Å². The molecular weight excluding hydrogens is 160 g/mol. The lowest BCUT2D eigenvalue weighted by atomic mass is 11.0. The van der Waals surface area contributed by atoms with E-state index < -0.39 is 0 Å².